The van der Waals surface area contributed by atoms with E-state index in [2.05, 4.69) is 25.7 Å². The van der Waals surface area contributed by atoms with Gasteiger partial charge in [0.1, 0.15) is 0 Å². The first-order valence-electron chi connectivity index (χ1n) is 8.14. The molecule has 0 saturated heterocycles. The van der Waals surface area contributed by atoms with E-state index in [9.17, 15) is 0 Å². The standard InChI is InChI=1S/C16H32N2/c1-4-6-9-18(13(3)5-2)16(12-17)11-14-7-8-15(16)10-14/h13-15H,4-12,17H2,1-3H3. The van der Waals surface area contributed by atoms with E-state index in [4.69, 9.17) is 5.73 Å². The second kappa shape index (κ2) is 5.92. The number of hydrogen-bond acceptors (Lipinski definition) is 2. The fourth-order valence-electron chi connectivity index (χ4n) is 4.56. The fourth-order valence-corrected chi connectivity index (χ4v) is 4.56. The van der Waals surface area contributed by atoms with Gasteiger partial charge in [0.2, 0.25) is 0 Å². The molecule has 4 unspecified atom stereocenters. The minimum absolute atomic E-state index is 0.355. The van der Waals surface area contributed by atoms with Crippen molar-refractivity contribution < 1.29 is 0 Å². The van der Waals surface area contributed by atoms with Crippen molar-refractivity contribution in [2.24, 2.45) is 17.6 Å². The Labute approximate surface area is 113 Å². The topological polar surface area (TPSA) is 29.3 Å². The molecule has 0 spiro atoms. The first-order chi connectivity index (χ1) is 8.67. The summed E-state index contributed by atoms with van der Waals surface area (Å²) in [6, 6.07) is 0.694. The average molecular weight is 252 g/mol. The molecule has 2 saturated carbocycles. The maximum absolute atomic E-state index is 6.28. The second-order valence-electron chi connectivity index (χ2n) is 6.69. The van der Waals surface area contributed by atoms with E-state index in [1.807, 2.05) is 0 Å². The summed E-state index contributed by atoms with van der Waals surface area (Å²) in [6.07, 6.45) is 9.60. The van der Waals surface area contributed by atoms with E-state index < -0.39 is 0 Å². The van der Waals surface area contributed by atoms with E-state index in [-0.39, 0.29) is 0 Å². The van der Waals surface area contributed by atoms with Crippen LogP contribution in [0, 0.1) is 11.8 Å². The summed E-state index contributed by atoms with van der Waals surface area (Å²) in [5, 5.41) is 0. The first-order valence-corrected chi connectivity index (χ1v) is 8.14. The predicted octanol–water partition coefficient (Wildman–Crippen LogP) is 3.40. The van der Waals surface area contributed by atoms with Crippen molar-refractivity contribution >= 4 is 0 Å². The second-order valence-corrected chi connectivity index (χ2v) is 6.69. The van der Waals surface area contributed by atoms with Gasteiger partial charge in [0.25, 0.3) is 0 Å². The lowest BCUT2D eigenvalue weighted by Crippen LogP contribution is -2.60. The Morgan fingerprint density at radius 2 is 2.11 bits per heavy atom. The Morgan fingerprint density at radius 3 is 2.56 bits per heavy atom. The SMILES string of the molecule is CCCCN(C(C)CC)C1(CN)CC2CCC1C2. The van der Waals surface area contributed by atoms with E-state index >= 15 is 0 Å². The molecule has 0 heterocycles. The van der Waals surface area contributed by atoms with Gasteiger partial charge in [-0.05, 0) is 57.4 Å². The van der Waals surface area contributed by atoms with Gasteiger partial charge in [-0.25, -0.2) is 0 Å². The van der Waals surface area contributed by atoms with Gasteiger partial charge in [-0.2, -0.15) is 0 Å². The summed E-state index contributed by atoms with van der Waals surface area (Å²) in [7, 11) is 0. The largest absolute Gasteiger partial charge is 0.329 e. The van der Waals surface area contributed by atoms with Crippen LogP contribution in [0.4, 0.5) is 0 Å². The number of unbranched alkanes of at least 4 members (excludes halogenated alkanes) is 1. The van der Waals surface area contributed by atoms with Crippen LogP contribution in [0.2, 0.25) is 0 Å². The highest BCUT2D eigenvalue weighted by molar-refractivity contribution is 5.09. The fraction of sp³-hybridized carbons (Fsp3) is 1.00. The maximum atomic E-state index is 6.28. The van der Waals surface area contributed by atoms with E-state index in [1.165, 1.54) is 51.5 Å². The van der Waals surface area contributed by atoms with Crippen molar-refractivity contribution in [2.75, 3.05) is 13.1 Å². The summed E-state index contributed by atoms with van der Waals surface area (Å²) in [5.74, 6) is 1.87. The summed E-state index contributed by atoms with van der Waals surface area (Å²) in [5.41, 5.74) is 6.63. The monoisotopic (exact) mass is 252 g/mol. The van der Waals surface area contributed by atoms with Crippen molar-refractivity contribution in [1.82, 2.24) is 4.90 Å². The molecule has 0 aromatic carbocycles. The van der Waals surface area contributed by atoms with Gasteiger partial charge in [0.05, 0.1) is 0 Å². The molecule has 106 valence electrons. The third kappa shape index (κ3) is 2.34. The first kappa shape index (κ1) is 14.3. The molecule has 2 N–H and O–H groups in total. The highest BCUT2D eigenvalue weighted by Crippen LogP contribution is 2.53. The van der Waals surface area contributed by atoms with Crippen LogP contribution in [0.25, 0.3) is 0 Å². The summed E-state index contributed by atoms with van der Waals surface area (Å²) < 4.78 is 0. The van der Waals surface area contributed by atoms with Crippen LogP contribution in [0.5, 0.6) is 0 Å². The lowest BCUT2D eigenvalue weighted by atomic mass is 9.78. The summed E-state index contributed by atoms with van der Waals surface area (Å²) >= 11 is 0. The third-order valence-electron chi connectivity index (χ3n) is 5.74. The molecule has 18 heavy (non-hydrogen) atoms. The van der Waals surface area contributed by atoms with Gasteiger partial charge >= 0.3 is 0 Å². The smallest absolute Gasteiger partial charge is 0.0365 e. The van der Waals surface area contributed by atoms with Gasteiger partial charge in [-0.1, -0.05) is 26.7 Å². The molecule has 2 fully saturated rings. The lowest BCUT2D eigenvalue weighted by molar-refractivity contribution is 0.00802. The van der Waals surface area contributed by atoms with E-state index in [0.29, 0.717) is 11.6 Å². The van der Waals surface area contributed by atoms with Crippen molar-refractivity contribution in [1.29, 1.82) is 0 Å². The van der Waals surface area contributed by atoms with Gasteiger partial charge < -0.3 is 5.73 Å². The molecule has 0 aromatic rings. The van der Waals surface area contributed by atoms with Gasteiger partial charge in [-0.3, -0.25) is 4.90 Å². The van der Waals surface area contributed by atoms with Crippen LogP contribution >= 0.6 is 0 Å². The zero-order chi connectivity index (χ0) is 13.2. The number of nitrogens with two attached hydrogens (primary N) is 1. The zero-order valence-corrected chi connectivity index (χ0v) is 12.6. The van der Waals surface area contributed by atoms with E-state index in [0.717, 1.165) is 18.4 Å². The van der Waals surface area contributed by atoms with Crippen molar-refractivity contribution in [3.05, 3.63) is 0 Å². The van der Waals surface area contributed by atoms with Crippen LogP contribution in [-0.4, -0.2) is 29.6 Å². The van der Waals surface area contributed by atoms with Crippen LogP contribution in [0.3, 0.4) is 0 Å². The number of rotatable bonds is 7. The van der Waals surface area contributed by atoms with Crippen molar-refractivity contribution in [2.45, 2.75) is 77.3 Å². The highest BCUT2D eigenvalue weighted by Gasteiger charge is 2.53. The Balaban J connectivity index is 2.16. The number of hydrogen-bond donors (Lipinski definition) is 1. The molecule has 4 atom stereocenters. The number of fused-ring (bicyclic) bond motifs is 2. The van der Waals surface area contributed by atoms with Crippen LogP contribution in [0.15, 0.2) is 0 Å². The van der Waals surface area contributed by atoms with Crippen LogP contribution in [-0.2, 0) is 0 Å². The normalized spacial score (nSPS) is 36.5. The van der Waals surface area contributed by atoms with Crippen molar-refractivity contribution in [3.63, 3.8) is 0 Å². The minimum Gasteiger partial charge on any atom is -0.329 e. The quantitative estimate of drug-likeness (QED) is 0.752. The van der Waals surface area contributed by atoms with Gasteiger partial charge in [0, 0.05) is 18.1 Å². The molecule has 0 aromatic heterocycles. The highest BCUT2D eigenvalue weighted by atomic mass is 15.2. The molecule has 2 rings (SSSR count). The molecular weight excluding hydrogens is 220 g/mol. The van der Waals surface area contributed by atoms with Crippen molar-refractivity contribution in [3.8, 4) is 0 Å². The van der Waals surface area contributed by atoms with Crippen LogP contribution in [0.1, 0.15) is 65.7 Å². The van der Waals surface area contributed by atoms with Gasteiger partial charge in [-0.15, -0.1) is 0 Å². The molecule has 2 bridgehead atoms. The number of nitrogens with zero attached hydrogens (tertiary/aromatic N) is 1. The predicted molar refractivity (Wildman–Crippen MR) is 78.6 cm³/mol. The third-order valence-corrected chi connectivity index (χ3v) is 5.74. The Hall–Kier alpha value is -0.0800. The lowest BCUT2D eigenvalue weighted by Gasteiger charge is -2.49. The average Bonchev–Trinajstić information content (AvgIpc) is 2.99. The Kier molecular flexibility index (Phi) is 4.71. The molecular formula is C16H32N2. The zero-order valence-electron chi connectivity index (χ0n) is 12.6. The molecule has 2 aliphatic carbocycles. The van der Waals surface area contributed by atoms with Crippen LogP contribution < -0.4 is 5.73 Å². The van der Waals surface area contributed by atoms with Gasteiger partial charge in [0.15, 0.2) is 0 Å². The summed E-state index contributed by atoms with van der Waals surface area (Å²) in [4.78, 5) is 2.81. The molecule has 0 radical (unpaired) electrons. The molecule has 0 amide bonds. The Morgan fingerprint density at radius 1 is 1.33 bits per heavy atom. The minimum atomic E-state index is 0.355. The molecule has 0 aliphatic heterocycles. The summed E-state index contributed by atoms with van der Waals surface area (Å²) in [6.45, 7) is 9.15. The molecule has 2 heteroatoms. The molecule has 2 aliphatic rings. The maximum Gasteiger partial charge on any atom is 0.0365 e. The Bertz CT molecular complexity index is 266. The molecule has 2 nitrogen and oxygen atoms in total. The van der Waals surface area contributed by atoms with E-state index in [1.54, 1.807) is 0 Å².